The quantitative estimate of drug-likeness (QED) is 0.154. The summed E-state index contributed by atoms with van der Waals surface area (Å²) in [6, 6.07) is 0. The van der Waals surface area contributed by atoms with Crippen molar-refractivity contribution in [2.24, 2.45) is 0 Å². The van der Waals surface area contributed by atoms with Crippen molar-refractivity contribution in [3.05, 3.63) is 6.92 Å². The second kappa shape index (κ2) is 18.7. The van der Waals surface area contributed by atoms with Gasteiger partial charge in [0.15, 0.2) is 0 Å². The van der Waals surface area contributed by atoms with E-state index in [0.717, 1.165) is 6.42 Å². The fourth-order valence-corrected chi connectivity index (χ4v) is 3.74. The van der Waals surface area contributed by atoms with E-state index in [1.807, 2.05) is 0 Å². The number of quaternary nitrogens is 1. The summed E-state index contributed by atoms with van der Waals surface area (Å²) < 4.78 is 1.24. The lowest BCUT2D eigenvalue weighted by molar-refractivity contribution is -0.890. The summed E-state index contributed by atoms with van der Waals surface area (Å²) in [6.45, 7) is 8.96. The van der Waals surface area contributed by atoms with E-state index in [9.17, 15) is 0 Å². The molecule has 0 aliphatic rings. The molecule has 0 aromatic rings. The number of unbranched alkanes of at least 4 members (excludes halogenated alkanes) is 16. The first kappa shape index (κ1) is 25.0. The molecule has 0 aliphatic carbocycles. The molecule has 25 heavy (non-hydrogen) atoms. The van der Waals surface area contributed by atoms with Gasteiger partial charge in [0, 0.05) is 0 Å². The highest BCUT2D eigenvalue weighted by atomic mass is 15.3. The predicted octanol–water partition coefficient (Wildman–Crippen LogP) is 7.94. The Bertz CT molecular complexity index is 246. The van der Waals surface area contributed by atoms with Gasteiger partial charge < -0.3 is 4.48 Å². The first-order valence-corrected chi connectivity index (χ1v) is 11.7. The summed E-state index contributed by atoms with van der Waals surface area (Å²) in [5.74, 6) is 0. The highest BCUT2D eigenvalue weighted by Gasteiger charge is 2.13. The normalized spacial score (nSPS) is 12.0. The molecule has 0 fully saturated rings. The van der Waals surface area contributed by atoms with Crippen LogP contribution in [-0.2, 0) is 0 Å². The second-order valence-electron chi connectivity index (χ2n) is 8.89. The lowest BCUT2D eigenvalue weighted by atomic mass is 10.1. The molecule has 0 rings (SSSR count). The van der Waals surface area contributed by atoms with Gasteiger partial charge in [-0.1, -0.05) is 104 Å². The van der Waals surface area contributed by atoms with Crippen LogP contribution < -0.4 is 0 Å². The van der Waals surface area contributed by atoms with Crippen LogP contribution in [0.5, 0.6) is 0 Å². The van der Waals surface area contributed by atoms with E-state index in [2.05, 4.69) is 27.9 Å². The van der Waals surface area contributed by atoms with Gasteiger partial charge in [-0.05, 0) is 25.7 Å². The van der Waals surface area contributed by atoms with Gasteiger partial charge in [0.05, 0.1) is 27.2 Å². The van der Waals surface area contributed by atoms with Crippen LogP contribution >= 0.6 is 0 Å². The van der Waals surface area contributed by atoms with Gasteiger partial charge in [-0.15, -0.1) is 0 Å². The maximum Gasteiger partial charge on any atom is 0.0782 e. The molecule has 151 valence electrons. The molecule has 0 bridgehead atoms. The van der Waals surface area contributed by atoms with Crippen LogP contribution in [0, 0.1) is 6.92 Å². The van der Waals surface area contributed by atoms with Crippen molar-refractivity contribution in [3.63, 3.8) is 0 Å². The number of hydrogen-bond acceptors (Lipinski definition) is 0. The summed E-state index contributed by atoms with van der Waals surface area (Å²) in [6.07, 6.45) is 25.4. The molecule has 0 heterocycles. The Balaban J connectivity index is 3.32. The van der Waals surface area contributed by atoms with E-state index in [0.29, 0.717) is 0 Å². The third kappa shape index (κ3) is 20.1. The van der Waals surface area contributed by atoms with Gasteiger partial charge >= 0.3 is 0 Å². The average Bonchev–Trinajstić information content (AvgIpc) is 2.59. The minimum atomic E-state index is 1.12. The van der Waals surface area contributed by atoms with Gasteiger partial charge in [-0.2, -0.15) is 0 Å². The summed E-state index contributed by atoms with van der Waals surface area (Å²) >= 11 is 0. The standard InChI is InChI=1S/C24H51N/c1-5-7-9-11-13-15-16-18-20-22-24-25(3,4)23-21-19-17-14-12-10-8-6-2/h1,5-24H2,2-4H3/q+1. The minimum Gasteiger partial charge on any atom is -0.328 e. The van der Waals surface area contributed by atoms with Crippen molar-refractivity contribution < 1.29 is 4.48 Å². The third-order valence-electron chi connectivity index (χ3n) is 5.63. The molecule has 0 saturated carbocycles. The van der Waals surface area contributed by atoms with Gasteiger partial charge in [0.1, 0.15) is 0 Å². The molecule has 0 N–H and O–H groups in total. The number of nitrogens with zero attached hydrogens (tertiary/aromatic N) is 1. The van der Waals surface area contributed by atoms with Crippen LogP contribution in [0.15, 0.2) is 0 Å². The largest absolute Gasteiger partial charge is 0.328 e. The van der Waals surface area contributed by atoms with Crippen molar-refractivity contribution in [3.8, 4) is 0 Å². The summed E-state index contributed by atoms with van der Waals surface area (Å²) in [7, 11) is 4.87. The van der Waals surface area contributed by atoms with Crippen LogP contribution in [0.25, 0.3) is 0 Å². The van der Waals surface area contributed by atoms with E-state index in [-0.39, 0.29) is 0 Å². The molecule has 0 unspecified atom stereocenters. The van der Waals surface area contributed by atoms with E-state index in [4.69, 9.17) is 0 Å². The Morgan fingerprint density at radius 3 is 1.16 bits per heavy atom. The van der Waals surface area contributed by atoms with Gasteiger partial charge in [-0.25, -0.2) is 0 Å². The first-order valence-electron chi connectivity index (χ1n) is 11.7. The fourth-order valence-electron chi connectivity index (χ4n) is 3.74. The monoisotopic (exact) mass is 353 g/mol. The lowest BCUT2D eigenvalue weighted by Gasteiger charge is -2.30. The molecule has 0 spiro atoms. The van der Waals surface area contributed by atoms with Gasteiger partial charge in [0.2, 0.25) is 0 Å². The highest BCUT2D eigenvalue weighted by Crippen LogP contribution is 2.13. The Morgan fingerprint density at radius 1 is 0.480 bits per heavy atom. The molecule has 0 saturated heterocycles. The lowest BCUT2D eigenvalue weighted by Crippen LogP contribution is -2.41. The predicted molar refractivity (Wildman–Crippen MR) is 116 cm³/mol. The molecule has 1 radical (unpaired) electrons. The zero-order valence-corrected chi connectivity index (χ0v) is 18.3. The molecule has 0 amide bonds. The van der Waals surface area contributed by atoms with Crippen molar-refractivity contribution in [2.45, 2.75) is 122 Å². The van der Waals surface area contributed by atoms with Crippen LogP contribution in [0.1, 0.15) is 122 Å². The molecule has 0 aromatic heterocycles. The van der Waals surface area contributed by atoms with Crippen molar-refractivity contribution in [1.29, 1.82) is 0 Å². The Labute approximate surface area is 161 Å². The van der Waals surface area contributed by atoms with Gasteiger partial charge in [-0.3, -0.25) is 0 Å². The number of hydrogen-bond donors (Lipinski definition) is 0. The van der Waals surface area contributed by atoms with Crippen LogP contribution in [0.4, 0.5) is 0 Å². The van der Waals surface area contributed by atoms with Crippen molar-refractivity contribution in [2.75, 3.05) is 27.2 Å². The second-order valence-corrected chi connectivity index (χ2v) is 8.89. The third-order valence-corrected chi connectivity index (χ3v) is 5.63. The van der Waals surface area contributed by atoms with E-state index >= 15 is 0 Å². The first-order chi connectivity index (χ1) is 12.1. The Kier molecular flexibility index (Phi) is 18.7. The average molecular weight is 354 g/mol. The molecular weight excluding hydrogens is 302 g/mol. The molecule has 0 atom stereocenters. The molecule has 0 aromatic carbocycles. The Morgan fingerprint density at radius 2 is 0.800 bits per heavy atom. The summed E-state index contributed by atoms with van der Waals surface area (Å²) in [5, 5.41) is 0. The molecule has 1 nitrogen and oxygen atoms in total. The maximum atomic E-state index is 3.91. The zero-order chi connectivity index (χ0) is 18.6. The Hall–Kier alpha value is -0.0400. The maximum absolute atomic E-state index is 3.91. The zero-order valence-electron chi connectivity index (χ0n) is 18.3. The van der Waals surface area contributed by atoms with E-state index in [1.165, 1.54) is 127 Å². The SMILES string of the molecule is [CH2]CCCCCCCCCCC[N+](C)(C)CCCCCCCCCC. The van der Waals surface area contributed by atoms with Gasteiger partial charge in [0.25, 0.3) is 0 Å². The van der Waals surface area contributed by atoms with Crippen LogP contribution in [-0.4, -0.2) is 31.7 Å². The summed E-state index contributed by atoms with van der Waals surface area (Å²) in [5.41, 5.74) is 0. The topological polar surface area (TPSA) is 0 Å². The molecule has 1 heteroatoms. The van der Waals surface area contributed by atoms with E-state index < -0.39 is 0 Å². The van der Waals surface area contributed by atoms with Crippen LogP contribution in [0.2, 0.25) is 0 Å². The molecule has 0 aliphatic heterocycles. The smallest absolute Gasteiger partial charge is 0.0782 e. The molecular formula is C24H51N+. The minimum absolute atomic E-state index is 1.12. The highest BCUT2D eigenvalue weighted by molar-refractivity contribution is 4.50. The van der Waals surface area contributed by atoms with Crippen LogP contribution in [0.3, 0.4) is 0 Å². The van der Waals surface area contributed by atoms with E-state index in [1.54, 1.807) is 0 Å². The van der Waals surface area contributed by atoms with Crippen molar-refractivity contribution in [1.82, 2.24) is 0 Å². The van der Waals surface area contributed by atoms with Crippen molar-refractivity contribution >= 4 is 0 Å². The number of rotatable bonds is 20. The summed E-state index contributed by atoms with van der Waals surface area (Å²) in [4.78, 5) is 0. The fraction of sp³-hybridized carbons (Fsp3) is 0.958.